The molecule has 30 heavy (non-hydrogen) atoms. The minimum Gasteiger partial charge on any atom is -0.465 e. The summed E-state index contributed by atoms with van der Waals surface area (Å²) in [5, 5.41) is 2.50. The number of nitrogens with zero attached hydrogens (tertiary/aromatic N) is 1. The number of nitrogens with one attached hydrogen (secondary N) is 1. The van der Waals surface area contributed by atoms with Crippen LogP contribution in [0.4, 0.5) is 28.9 Å². The number of aliphatic imine (C=N–C) groups is 1. The summed E-state index contributed by atoms with van der Waals surface area (Å²) in [5.41, 5.74) is -1.01. The zero-order valence-electron chi connectivity index (χ0n) is 15.8. The molecule has 2 rings (SSSR count). The van der Waals surface area contributed by atoms with Crippen LogP contribution in [0, 0.1) is 29.2 Å². The molecule has 10 heteroatoms. The highest BCUT2D eigenvalue weighted by Gasteiger charge is 2.34. The minimum absolute atomic E-state index is 0.0531. The van der Waals surface area contributed by atoms with E-state index in [9.17, 15) is 31.9 Å². The highest BCUT2D eigenvalue weighted by Crippen LogP contribution is 2.24. The van der Waals surface area contributed by atoms with Gasteiger partial charge in [0.05, 0.1) is 17.9 Å². The van der Waals surface area contributed by atoms with Crippen molar-refractivity contribution in [2.45, 2.75) is 13.8 Å². The van der Waals surface area contributed by atoms with Crippen LogP contribution in [-0.2, 0) is 14.3 Å². The Balaban J connectivity index is 2.45. The van der Waals surface area contributed by atoms with Crippen LogP contribution in [0.1, 0.15) is 24.2 Å². The van der Waals surface area contributed by atoms with E-state index in [1.807, 2.05) is 0 Å². The van der Waals surface area contributed by atoms with Crippen molar-refractivity contribution >= 4 is 35.2 Å². The van der Waals surface area contributed by atoms with Gasteiger partial charge in [-0.2, -0.15) is 0 Å². The van der Waals surface area contributed by atoms with Crippen molar-refractivity contribution in [3.63, 3.8) is 0 Å². The molecule has 0 aliphatic rings. The molecule has 0 bridgehead atoms. The van der Waals surface area contributed by atoms with Gasteiger partial charge < -0.3 is 10.1 Å². The zero-order valence-corrected chi connectivity index (χ0v) is 15.8. The number of carbonyl (C=O) groups excluding carboxylic acids is 3. The molecule has 0 saturated heterocycles. The van der Waals surface area contributed by atoms with Gasteiger partial charge in [0.15, 0.2) is 35.0 Å². The van der Waals surface area contributed by atoms with Crippen molar-refractivity contribution in [1.82, 2.24) is 0 Å². The molecule has 0 heterocycles. The predicted octanol–water partition coefficient (Wildman–Crippen LogP) is 3.97. The fourth-order valence-electron chi connectivity index (χ4n) is 2.44. The average molecular weight is 424 g/mol. The number of carbonyl (C=O) groups is 3. The largest absolute Gasteiger partial charge is 0.465 e. The fourth-order valence-corrected chi connectivity index (χ4v) is 2.44. The lowest BCUT2D eigenvalue weighted by molar-refractivity contribution is -0.144. The second-order valence-electron chi connectivity index (χ2n) is 5.95. The first-order valence-electron chi connectivity index (χ1n) is 8.61. The van der Waals surface area contributed by atoms with Crippen LogP contribution >= 0.6 is 0 Å². The standard InChI is InChI=1S/C20H16F4N2O4/c1-3-30-20(29)13(9-25-11-5-4-6-12(7-11)26-10(2)27)19(28)16-17(23)14(21)8-15(22)18(16)24/h4-9,13H,3H2,1-2H3,(H,26,27). The molecule has 0 spiro atoms. The van der Waals surface area contributed by atoms with E-state index in [-0.39, 0.29) is 24.3 Å². The summed E-state index contributed by atoms with van der Waals surface area (Å²) in [4.78, 5) is 39.8. The molecular weight excluding hydrogens is 408 g/mol. The second kappa shape index (κ2) is 9.77. The number of esters is 1. The van der Waals surface area contributed by atoms with Crippen LogP contribution in [0.25, 0.3) is 0 Å². The summed E-state index contributed by atoms with van der Waals surface area (Å²) in [5.74, 6) is -12.6. The maximum atomic E-state index is 14.0. The number of hydrogen-bond acceptors (Lipinski definition) is 5. The Hall–Kier alpha value is -3.56. The van der Waals surface area contributed by atoms with Gasteiger partial charge in [0.2, 0.25) is 5.91 Å². The monoisotopic (exact) mass is 424 g/mol. The molecular formula is C20H16F4N2O4. The zero-order chi connectivity index (χ0) is 22.4. The summed E-state index contributed by atoms with van der Waals surface area (Å²) in [6.07, 6.45) is 0.745. The molecule has 0 aliphatic carbocycles. The molecule has 1 amide bonds. The topological polar surface area (TPSA) is 84.8 Å². The van der Waals surface area contributed by atoms with Gasteiger partial charge in [0.1, 0.15) is 0 Å². The van der Waals surface area contributed by atoms with Gasteiger partial charge >= 0.3 is 5.97 Å². The molecule has 0 aliphatic heterocycles. The third-order valence-corrected chi connectivity index (χ3v) is 3.72. The number of benzene rings is 2. The highest BCUT2D eigenvalue weighted by molar-refractivity contribution is 6.18. The van der Waals surface area contributed by atoms with Crippen molar-refractivity contribution in [2.75, 3.05) is 11.9 Å². The maximum absolute atomic E-state index is 14.0. The molecule has 158 valence electrons. The van der Waals surface area contributed by atoms with E-state index >= 15 is 0 Å². The van der Waals surface area contributed by atoms with Gasteiger partial charge in [-0.25, -0.2) is 17.6 Å². The van der Waals surface area contributed by atoms with Crippen LogP contribution in [-0.4, -0.2) is 30.5 Å². The number of halogens is 4. The molecule has 0 saturated carbocycles. The summed E-state index contributed by atoms with van der Waals surface area (Å²) in [7, 11) is 0. The third-order valence-electron chi connectivity index (χ3n) is 3.72. The van der Waals surface area contributed by atoms with E-state index in [2.05, 4.69) is 10.3 Å². The summed E-state index contributed by atoms with van der Waals surface area (Å²) < 4.78 is 59.7. The van der Waals surface area contributed by atoms with E-state index < -0.39 is 46.5 Å². The van der Waals surface area contributed by atoms with Crippen molar-refractivity contribution in [1.29, 1.82) is 0 Å². The van der Waals surface area contributed by atoms with Gasteiger partial charge in [-0.3, -0.25) is 19.4 Å². The van der Waals surface area contributed by atoms with Crippen molar-refractivity contribution in [3.05, 3.63) is 59.2 Å². The molecule has 1 unspecified atom stereocenters. The highest BCUT2D eigenvalue weighted by atomic mass is 19.2. The lowest BCUT2D eigenvalue weighted by Gasteiger charge is -2.12. The van der Waals surface area contributed by atoms with E-state index in [1.54, 1.807) is 6.07 Å². The van der Waals surface area contributed by atoms with Gasteiger partial charge in [0, 0.05) is 24.9 Å². The minimum atomic E-state index is -1.97. The normalized spacial score (nSPS) is 11.9. The van der Waals surface area contributed by atoms with Gasteiger partial charge in [0.25, 0.3) is 0 Å². The lowest BCUT2D eigenvalue weighted by atomic mass is 9.97. The van der Waals surface area contributed by atoms with E-state index in [0.29, 0.717) is 5.69 Å². The Morgan fingerprint density at radius 1 is 1.10 bits per heavy atom. The molecule has 2 aromatic rings. The van der Waals surface area contributed by atoms with Crippen molar-refractivity contribution < 1.29 is 36.7 Å². The van der Waals surface area contributed by atoms with Crippen LogP contribution in [0.2, 0.25) is 0 Å². The second-order valence-corrected chi connectivity index (χ2v) is 5.95. The average Bonchev–Trinajstić information content (AvgIpc) is 2.67. The summed E-state index contributed by atoms with van der Waals surface area (Å²) in [6.45, 7) is 2.54. The Bertz CT molecular complexity index is 998. The van der Waals surface area contributed by atoms with Gasteiger partial charge in [-0.15, -0.1) is 0 Å². The Morgan fingerprint density at radius 3 is 2.30 bits per heavy atom. The molecule has 1 atom stereocenters. The molecule has 6 nitrogen and oxygen atoms in total. The summed E-state index contributed by atoms with van der Waals surface area (Å²) in [6, 6.07) is 5.86. The van der Waals surface area contributed by atoms with Crippen LogP contribution in [0.15, 0.2) is 35.3 Å². The van der Waals surface area contributed by atoms with E-state index in [4.69, 9.17) is 4.74 Å². The van der Waals surface area contributed by atoms with Crippen LogP contribution in [0.3, 0.4) is 0 Å². The molecule has 0 radical (unpaired) electrons. The number of amides is 1. The van der Waals surface area contributed by atoms with Gasteiger partial charge in [-0.1, -0.05) is 6.07 Å². The van der Waals surface area contributed by atoms with Crippen molar-refractivity contribution in [3.8, 4) is 0 Å². The van der Waals surface area contributed by atoms with Crippen LogP contribution in [0.5, 0.6) is 0 Å². The maximum Gasteiger partial charge on any atom is 0.322 e. The molecule has 1 N–H and O–H groups in total. The number of rotatable bonds is 7. The van der Waals surface area contributed by atoms with Gasteiger partial charge in [-0.05, 0) is 25.1 Å². The van der Waals surface area contributed by atoms with Crippen LogP contribution < -0.4 is 5.32 Å². The smallest absolute Gasteiger partial charge is 0.322 e. The summed E-state index contributed by atoms with van der Waals surface area (Å²) >= 11 is 0. The fraction of sp³-hybridized carbons (Fsp3) is 0.200. The number of hydrogen-bond donors (Lipinski definition) is 1. The first kappa shape index (κ1) is 22.7. The first-order chi connectivity index (χ1) is 14.1. The number of ether oxygens (including phenoxy) is 1. The third kappa shape index (κ3) is 5.28. The number of ketones is 1. The molecule has 2 aromatic carbocycles. The molecule has 0 fully saturated rings. The Kier molecular flexibility index (Phi) is 7.40. The van der Waals surface area contributed by atoms with E-state index in [0.717, 1.165) is 6.21 Å². The predicted molar refractivity (Wildman–Crippen MR) is 99.6 cm³/mol. The number of anilines is 1. The quantitative estimate of drug-likeness (QED) is 0.182. The molecule has 0 aromatic heterocycles. The van der Waals surface area contributed by atoms with Crippen molar-refractivity contribution in [2.24, 2.45) is 10.9 Å². The SMILES string of the molecule is CCOC(=O)C(C=Nc1cccc(NC(C)=O)c1)C(=O)c1c(F)c(F)cc(F)c1F. The number of Topliss-reactive ketones (excluding diaryl/α,β-unsaturated/α-hetero) is 1. The lowest BCUT2D eigenvalue weighted by Crippen LogP contribution is -2.29. The van der Waals surface area contributed by atoms with E-state index in [1.165, 1.54) is 32.0 Å². The Morgan fingerprint density at radius 2 is 1.73 bits per heavy atom. The Labute approximate surface area is 168 Å². The first-order valence-corrected chi connectivity index (χ1v) is 8.61.